The molecule has 0 aliphatic heterocycles. The average molecular weight is 103 g/mol. The Labute approximate surface area is 43.8 Å². The summed E-state index contributed by atoms with van der Waals surface area (Å²) in [5, 5.41) is -0.123. The quantitative estimate of drug-likeness (QED) is 0.443. The lowest BCUT2D eigenvalue weighted by Crippen LogP contribution is -1.78. The van der Waals surface area contributed by atoms with E-state index in [0.717, 1.165) is 0 Å². The predicted octanol–water partition coefficient (Wildman–Crippen LogP) is 1.82. The van der Waals surface area contributed by atoms with Crippen LogP contribution in [0.2, 0.25) is 0 Å². The molecule has 0 aromatic rings. The minimum atomic E-state index is -0.123. The Morgan fingerprint density at radius 3 is 2.17 bits per heavy atom. The molecule has 6 heavy (non-hydrogen) atoms. The molecule has 1 atom stereocenters. The van der Waals surface area contributed by atoms with Crippen molar-refractivity contribution in [3.05, 3.63) is 26.0 Å². The summed E-state index contributed by atoms with van der Waals surface area (Å²) < 4.78 is 0. The van der Waals surface area contributed by atoms with Crippen LogP contribution >= 0.6 is 11.6 Å². The van der Waals surface area contributed by atoms with Gasteiger partial charge in [-0.05, 0) is 13.8 Å². The van der Waals surface area contributed by atoms with Gasteiger partial charge in [-0.25, -0.2) is 0 Å². The van der Waals surface area contributed by atoms with E-state index in [1.807, 2.05) is 0 Å². The SMILES string of the molecule is [CH2]C=CC([CH2])Cl. The lowest BCUT2D eigenvalue weighted by atomic mass is 10.4. The first kappa shape index (κ1) is 6.03. The van der Waals surface area contributed by atoms with Gasteiger partial charge in [0.25, 0.3) is 0 Å². The number of hydrogen-bond acceptors (Lipinski definition) is 0. The highest BCUT2D eigenvalue weighted by molar-refractivity contribution is 6.22. The Bertz CT molecular complexity index is 45.9. The minimum absolute atomic E-state index is 0.123. The van der Waals surface area contributed by atoms with Crippen molar-refractivity contribution in [2.24, 2.45) is 0 Å². The standard InChI is InChI=1S/C5H7Cl/c1-3-4-5(2)6/h3-5H,1-2H2. The van der Waals surface area contributed by atoms with E-state index >= 15 is 0 Å². The molecule has 0 rings (SSSR count). The van der Waals surface area contributed by atoms with Gasteiger partial charge < -0.3 is 0 Å². The second-order valence-corrected chi connectivity index (χ2v) is 1.50. The molecule has 0 amide bonds. The molecule has 0 aromatic carbocycles. The molecule has 0 bridgehead atoms. The molecular formula is C5H7Cl. The third-order valence-electron chi connectivity index (χ3n) is 0.345. The zero-order valence-electron chi connectivity index (χ0n) is 3.52. The summed E-state index contributed by atoms with van der Waals surface area (Å²) in [5.74, 6) is 0. The van der Waals surface area contributed by atoms with Gasteiger partial charge in [0.15, 0.2) is 0 Å². The molecule has 0 aromatic heterocycles. The highest BCUT2D eigenvalue weighted by Gasteiger charge is 1.80. The summed E-state index contributed by atoms with van der Waals surface area (Å²) in [7, 11) is 0. The van der Waals surface area contributed by atoms with Crippen LogP contribution in [0.1, 0.15) is 0 Å². The fraction of sp³-hybridized carbons (Fsp3) is 0.200. The fourth-order valence-electron chi connectivity index (χ4n) is 0.148. The van der Waals surface area contributed by atoms with Crippen molar-refractivity contribution >= 4 is 11.6 Å². The molecule has 2 radical (unpaired) electrons. The van der Waals surface area contributed by atoms with Crippen molar-refractivity contribution in [3.63, 3.8) is 0 Å². The van der Waals surface area contributed by atoms with Gasteiger partial charge in [-0.1, -0.05) is 12.2 Å². The molecule has 0 spiro atoms. The Morgan fingerprint density at radius 2 is 2.17 bits per heavy atom. The predicted molar refractivity (Wildman–Crippen MR) is 29.5 cm³/mol. The van der Waals surface area contributed by atoms with Crippen LogP contribution < -0.4 is 0 Å². The third-order valence-corrected chi connectivity index (χ3v) is 0.490. The number of alkyl halides is 1. The first-order valence-corrected chi connectivity index (χ1v) is 2.14. The van der Waals surface area contributed by atoms with Crippen LogP contribution in [0.3, 0.4) is 0 Å². The summed E-state index contributed by atoms with van der Waals surface area (Å²) >= 11 is 5.34. The summed E-state index contributed by atoms with van der Waals surface area (Å²) in [6, 6.07) is 0. The van der Waals surface area contributed by atoms with Crippen LogP contribution in [-0.2, 0) is 0 Å². The molecule has 0 aliphatic carbocycles. The molecule has 0 N–H and O–H groups in total. The van der Waals surface area contributed by atoms with Gasteiger partial charge in [-0.2, -0.15) is 0 Å². The van der Waals surface area contributed by atoms with E-state index < -0.39 is 0 Å². The van der Waals surface area contributed by atoms with Crippen molar-refractivity contribution in [3.8, 4) is 0 Å². The van der Waals surface area contributed by atoms with Crippen molar-refractivity contribution < 1.29 is 0 Å². The van der Waals surface area contributed by atoms with Crippen molar-refractivity contribution in [1.29, 1.82) is 0 Å². The van der Waals surface area contributed by atoms with Crippen molar-refractivity contribution in [2.75, 3.05) is 0 Å². The van der Waals surface area contributed by atoms with E-state index in [1.165, 1.54) is 0 Å². The molecular weight excluding hydrogens is 95.5 g/mol. The number of hydrogen-bond donors (Lipinski definition) is 0. The minimum Gasteiger partial charge on any atom is -0.118 e. The molecule has 0 heterocycles. The van der Waals surface area contributed by atoms with Gasteiger partial charge in [0, 0.05) is 0 Å². The van der Waals surface area contributed by atoms with Crippen LogP contribution in [0.25, 0.3) is 0 Å². The van der Waals surface area contributed by atoms with Gasteiger partial charge in [0.05, 0.1) is 5.38 Å². The highest BCUT2D eigenvalue weighted by atomic mass is 35.5. The maximum atomic E-state index is 5.34. The van der Waals surface area contributed by atoms with Gasteiger partial charge in [-0.3, -0.25) is 0 Å². The molecule has 0 saturated heterocycles. The number of rotatable bonds is 1. The Kier molecular flexibility index (Phi) is 3.24. The number of halogens is 1. The van der Waals surface area contributed by atoms with Crippen molar-refractivity contribution in [1.82, 2.24) is 0 Å². The molecule has 0 nitrogen and oxygen atoms in total. The van der Waals surface area contributed by atoms with Gasteiger partial charge in [-0.15, -0.1) is 11.6 Å². The van der Waals surface area contributed by atoms with E-state index in [0.29, 0.717) is 0 Å². The van der Waals surface area contributed by atoms with E-state index in [-0.39, 0.29) is 5.38 Å². The highest BCUT2D eigenvalue weighted by Crippen LogP contribution is 1.91. The van der Waals surface area contributed by atoms with E-state index in [4.69, 9.17) is 11.6 Å². The molecule has 0 aliphatic rings. The molecule has 1 unspecified atom stereocenters. The lowest BCUT2D eigenvalue weighted by Gasteiger charge is -1.83. The topological polar surface area (TPSA) is 0 Å². The maximum Gasteiger partial charge on any atom is 0.0516 e. The number of allylic oxidation sites excluding steroid dienone is 2. The molecule has 0 fully saturated rings. The van der Waals surface area contributed by atoms with Crippen LogP contribution in [0, 0.1) is 13.8 Å². The van der Waals surface area contributed by atoms with Crippen molar-refractivity contribution in [2.45, 2.75) is 5.38 Å². The fourth-order valence-corrected chi connectivity index (χ4v) is 0.251. The Hall–Kier alpha value is 0.0300. The van der Waals surface area contributed by atoms with E-state index in [2.05, 4.69) is 13.8 Å². The zero-order valence-corrected chi connectivity index (χ0v) is 4.28. The monoisotopic (exact) mass is 102 g/mol. The first-order chi connectivity index (χ1) is 2.77. The zero-order chi connectivity index (χ0) is 4.99. The third kappa shape index (κ3) is 4.03. The summed E-state index contributed by atoms with van der Waals surface area (Å²) in [4.78, 5) is 0. The summed E-state index contributed by atoms with van der Waals surface area (Å²) in [6.07, 6.45) is 3.34. The maximum absolute atomic E-state index is 5.34. The van der Waals surface area contributed by atoms with Crippen LogP contribution in [0.4, 0.5) is 0 Å². The normalized spacial score (nSPS) is 15.8. The lowest BCUT2D eigenvalue weighted by molar-refractivity contribution is 1.40. The Morgan fingerprint density at radius 1 is 1.67 bits per heavy atom. The average Bonchev–Trinajstić information content (AvgIpc) is 1.35. The molecule has 1 heteroatoms. The van der Waals surface area contributed by atoms with E-state index in [9.17, 15) is 0 Å². The van der Waals surface area contributed by atoms with Gasteiger partial charge in [0.2, 0.25) is 0 Å². The molecule has 34 valence electrons. The van der Waals surface area contributed by atoms with Crippen LogP contribution in [0.15, 0.2) is 12.2 Å². The smallest absolute Gasteiger partial charge is 0.0516 e. The second-order valence-electron chi connectivity index (χ2n) is 0.944. The van der Waals surface area contributed by atoms with Crippen LogP contribution in [0.5, 0.6) is 0 Å². The van der Waals surface area contributed by atoms with Gasteiger partial charge >= 0.3 is 0 Å². The van der Waals surface area contributed by atoms with Crippen LogP contribution in [-0.4, -0.2) is 5.38 Å². The van der Waals surface area contributed by atoms with E-state index in [1.54, 1.807) is 12.2 Å². The first-order valence-electron chi connectivity index (χ1n) is 1.70. The Balaban J connectivity index is 3.03. The summed E-state index contributed by atoms with van der Waals surface area (Å²) in [6.45, 7) is 6.89. The molecule has 0 saturated carbocycles. The summed E-state index contributed by atoms with van der Waals surface area (Å²) in [5.41, 5.74) is 0. The largest absolute Gasteiger partial charge is 0.118 e. The second kappa shape index (κ2) is 3.23. The van der Waals surface area contributed by atoms with Gasteiger partial charge in [0.1, 0.15) is 0 Å².